The first kappa shape index (κ1) is 14.0. The molecule has 2 rings (SSSR count). The van der Waals surface area contributed by atoms with E-state index in [1.54, 1.807) is 12.1 Å². The van der Waals surface area contributed by atoms with Gasteiger partial charge in [0.15, 0.2) is 0 Å². The third kappa shape index (κ3) is 3.78. The van der Waals surface area contributed by atoms with Crippen molar-refractivity contribution in [1.29, 1.82) is 0 Å². The standard InChI is InChI=1S/C14H11BrClNO2/c15-10-3-1-9(2-4-10)7-12(14(18)19)13-6-5-11(16)8-17-13/h1-6,8,12H,7H2,(H,18,19). The zero-order valence-corrected chi connectivity index (χ0v) is 12.2. The van der Waals surface area contributed by atoms with E-state index in [1.807, 2.05) is 24.3 Å². The first-order valence-electron chi connectivity index (χ1n) is 5.65. The van der Waals surface area contributed by atoms with E-state index in [1.165, 1.54) is 6.20 Å². The smallest absolute Gasteiger partial charge is 0.312 e. The minimum atomic E-state index is -0.891. The number of carboxylic acid groups (broad SMARTS) is 1. The van der Waals surface area contributed by atoms with Crippen molar-refractivity contribution < 1.29 is 9.90 Å². The van der Waals surface area contributed by atoms with Crippen molar-refractivity contribution in [2.75, 3.05) is 0 Å². The number of carbonyl (C=O) groups is 1. The average Bonchev–Trinajstić information content (AvgIpc) is 2.39. The number of halogens is 2. The number of carboxylic acids is 1. The van der Waals surface area contributed by atoms with E-state index in [2.05, 4.69) is 20.9 Å². The molecule has 0 bridgehead atoms. The molecule has 1 unspecified atom stereocenters. The number of aromatic nitrogens is 1. The van der Waals surface area contributed by atoms with Crippen molar-refractivity contribution >= 4 is 33.5 Å². The molecule has 1 N–H and O–H groups in total. The summed E-state index contributed by atoms with van der Waals surface area (Å²) >= 11 is 9.11. The van der Waals surface area contributed by atoms with Crippen LogP contribution in [-0.2, 0) is 11.2 Å². The summed E-state index contributed by atoms with van der Waals surface area (Å²) in [5.74, 6) is -1.56. The summed E-state index contributed by atoms with van der Waals surface area (Å²) in [6, 6.07) is 10.9. The Morgan fingerprint density at radius 2 is 1.95 bits per heavy atom. The Morgan fingerprint density at radius 3 is 2.47 bits per heavy atom. The molecule has 0 saturated heterocycles. The van der Waals surface area contributed by atoms with Crippen LogP contribution < -0.4 is 0 Å². The molecule has 1 heterocycles. The topological polar surface area (TPSA) is 50.2 Å². The molecule has 98 valence electrons. The summed E-state index contributed by atoms with van der Waals surface area (Å²) in [5, 5.41) is 9.83. The van der Waals surface area contributed by atoms with E-state index in [4.69, 9.17) is 11.6 Å². The molecule has 0 amide bonds. The van der Waals surface area contributed by atoms with Crippen LogP contribution in [0.3, 0.4) is 0 Å². The van der Waals surface area contributed by atoms with E-state index in [0.29, 0.717) is 17.1 Å². The molecule has 0 aliphatic rings. The number of pyridine rings is 1. The second-order valence-electron chi connectivity index (χ2n) is 4.12. The highest BCUT2D eigenvalue weighted by molar-refractivity contribution is 9.10. The number of benzene rings is 1. The van der Waals surface area contributed by atoms with Crippen LogP contribution in [0.2, 0.25) is 5.02 Å². The zero-order chi connectivity index (χ0) is 13.8. The minimum Gasteiger partial charge on any atom is -0.481 e. The molecule has 5 heteroatoms. The molecular weight excluding hydrogens is 330 g/mol. The van der Waals surface area contributed by atoms with Gasteiger partial charge in [-0.15, -0.1) is 0 Å². The second kappa shape index (κ2) is 6.17. The molecule has 2 aromatic rings. The maximum absolute atomic E-state index is 11.4. The van der Waals surface area contributed by atoms with Crippen molar-refractivity contribution in [3.63, 3.8) is 0 Å². The summed E-state index contributed by atoms with van der Waals surface area (Å²) < 4.78 is 0.966. The van der Waals surface area contributed by atoms with E-state index in [9.17, 15) is 9.90 Å². The van der Waals surface area contributed by atoms with Gasteiger partial charge in [-0.05, 0) is 36.2 Å². The Balaban J connectivity index is 2.23. The van der Waals surface area contributed by atoms with Gasteiger partial charge < -0.3 is 5.11 Å². The lowest BCUT2D eigenvalue weighted by molar-refractivity contribution is -0.138. The van der Waals surface area contributed by atoms with Gasteiger partial charge >= 0.3 is 5.97 Å². The lowest BCUT2D eigenvalue weighted by Crippen LogP contribution is -2.15. The number of aliphatic carboxylic acids is 1. The maximum Gasteiger partial charge on any atom is 0.312 e. The zero-order valence-electron chi connectivity index (χ0n) is 9.88. The second-order valence-corrected chi connectivity index (χ2v) is 5.47. The molecule has 1 aromatic heterocycles. The first-order valence-corrected chi connectivity index (χ1v) is 6.82. The number of hydrogen-bond acceptors (Lipinski definition) is 2. The Labute approximate surface area is 124 Å². The third-order valence-electron chi connectivity index (χ3n) is 2.76. The van der Waals surface area contributed by atoms with Crippen molar-refractivity contribution in [3.8, 4) is 0 Å². The fourth-order valence-electron chi connectivity index (χ4n) is 1.77. The highest BCUT2D eigenvalue weighted by Crippen LogP contribution is 2.22. The van der Waals surface area contributed by atoms with Gasteiger partial charge in [0.2, 0.25) is 0 Å². The summed E-state index contributed by atoms with van der Waals surface area (Å²) in [4.78, 5) is 15.5. The predicted molar refractivity (Wildman–Crippen MR) is 77.5 cm³/mol. The Morgan fingerprint density at radius 1 is 1.26 bits per heavy atom. The van der Waals surface area contributed by atoms with Crippen LogP contribution in [0.25, 0.3) is 0 Å². The molecule has 19 heavy (non-hydrogen) atoms. The predicted octanol–water partition coefficient (Wildman–Crippen LogP) is 3.91. The van der Waals surface area contributed by atoms with Crippen molar-refractivity contribution in [1.82, 2.24) is 4.98 Å². The fourth-order valence-corrected chi connectivity index (χ4v) is 2.14. The number of hydrogen-bond donors (Lipinski definition) is 1. The van der Waals surface area contributed by atoms with Crippen molar-refractivity contribution in [3.05, 3.63) is 63.3 Å². The number of nitrogens with zero attached hydrogens (tertiary/aromatic N) is 1. The van der Waals surface area contributed by atoms with Crippen LogP contribution >= 0.6 is 27.5 Å². The molecule has 0 aliphatic carbocycles. The average molecular weight is 341 g/mol. The monoisotopic (exact) mass is 339 g/mol. The molecule has 1 aromatic carbocycles. The van der Waals surface area contributed by atoms with Crippen molar-refractivity contribution in [2.45, 2.75) is 12.3 Å². The van der Waals surface area contributed by atoms with E-state index >= 15 is 0 Å². The highest BCUT2D eigenvalue weighted by atomic mass is 79.9. The van der Waals surface area contributed by atoms with Gasteiger partial charge in [-0.25, -0.2) is 0 Å². The summed E-state index contributed by atoms with van der Waals surface area (Å²) in [6.07, 6.45) is 1.87. The Kier molecular flexibility index (Phi) is 4.56. The quantitative estimate of drug-likeness (QED) is 0.918. The molecule has 0 fully saturated rings. The van der Waals surface area contributed by atoms with E-state index < -0.39 is 11.9 Å². The highest BCUT2D eigenvalue weighted by Gasteiger charge is 2.21. The molecule has 3 nitrogen and oxygen atoms in total. The third-order valence-corrected chi connectivity index (χ3v) is 3.51. The van der Waals surface area contributed by atoms with Crippen LogP contribution in [0, 0.1) is 0 Å². The van der Waals surface area contributed by atoms with E-state index in [-0.39, 0.29) is 0 Å². The van der Waals surface area contributed by atoms with Gasteiger partial charge in [0.1, 0.15) is 5.92 Å². The Hall–Kier alpha value is -1.39. The number of rotatable bonds is 4. The van der Waals surface area contributed by atoms with Crippen LogP contribution in [0.4, 0.5) is 0 Å². The van der Waals surface area contributed by atoms with Gasteiger partial charge in [0.05, 0.1) is 10.7 Å². The van der Waals surface area contributed by atoms with Crippen LogP contribution in [0.5, 0.6) is 0 Å². The van der Waals surface area contributed by atoms with E-state index in [0.717, 1.165) is 10.0 Å². The molecule has 0 saturated carbocycles. The minimum absolute atomic E-state index is 0.400. The van der Waals surface area contributed by atoms with Gasteiger partial charge in [-0.2, -0.15) is 0 Å². The molecule has 0 aliphatic heterocycles. The van der Waals surface area contributed by atoms with Gasteiger partial charge in [-0.3, -0.25) is 9.78 Å². The first-order chi connectivity index (χ1) is 9.06. The van der Waals surface area contributed by atoms with Crippen LogP contribution in [0.1, 0.15) is 17.2 Å². The SMILES string of the molecule is O=C(O)C(Cc1ccc(Br)cc1)c1ccc(Cl)cn1. The Bertz CT molecular complexity index is 569. The summed E-state index contributed by atoms with van der Waals surface area (Å²) in [6.45, 7) is 0. The largest absolute Gasteiger partial charge is 0.481 e. The lowest BCUT2D eigenvalue weighted by atomic mass is 9.96. The van der Waals surface area contributed by atoms with Crippen LogP contribution in [-0.4, -0.2) is 16.1 Å². The fraction of sp³-hybridized carbons (Fsp3) is 0.143. The lowest BCUT2D eigenvalue weighted by Gasteiger charge is -2.12. The summed E-state index contributed by atoms with van der Waals surface area (Å²) in [7, 11) is 0. The van der Waals surface area contributed by atoms with Gasteiger partial charge in [-0.1, -0.05) is 39.7 Å². The van der Waals surface area contributed by atoms with Gasteiger partial charge in [0.25, 0.3) is 0 Å². The molecule has 1 atom stereocenters. The molecule has 0 radical (unpaired) electrons. The summed E-state index contributed by atoms with van der Waals surface area (Å²) in [5.41, 5.74) is 1.46. The normalized spacial score (nSPS) is 12.1. The maximum atomic E-state index is 11.4. The van der Waals surface area contributed by atoms with Gasteiger partial charge in [0, 0.05) is 10.7 Å². The molecular formula is C14H11BrClNO2. The van der Waals surface area contributed by atoms with Crippen LogP contribution in [0.15, 0.2) is 47.1 Å². The molecule has 0 spiro atoms. The van der Waals surface area contributed by atoms with Crippen molar-refractivity contribution in [2.24, 2.45) is 0 Å².